The van der Waals surface area contributed by atoms with Gasteiger partial charge in [0.05, 0.1) is 17.2 Å². The quantitative estimate of drug-likeness (QED) is 0.290. The Kier molecular flexibility index (Phi) is 6.49. The molecule has 0 atom stereocenters. The first-order valence-electron chi connectivity index (χ1n) is 10.5. The highest BCUT2D eigenvalue weighted by Gasteiger charge is 2.33. The Bertz CT molecular complexity index is 1340. The average molecular weight is 495 g/mol. The number of aryl methyl sites for hydroxylation is 1. The molecule has 0 aliphatic carbocycles. The van der Waals surface area contributed by atoms with Crippen molar-refractivity contribution in [3.05, 3.63) is 76.0 Å². The summed E-state index contributed by atoms with van der Waals surface area (Å²) in [6.07, 6.45) is 1.80. The summed E-state index contributed by atoms with van der Waals surface area (Å²) in [7, 11) is 0. The Morgan fingerprint density at radius 3 is 2.44 bits per heavy atom. The van der Waals surface area contributed by atoms with Crippen molar-refractivity contribution in [1.82, 2.24) is 4.57 Å². The van der Waals surface area contributed by atoms with Crippen molar-refractivity contribution in [2.24, 2.45) is 0 Å². The molecule has 0 spiro atoms. The van der Waals surface area contributed by atoms with Gasteiger partial charge in [-0.1, -0.05) is 24.0 Å². The zero-order valence-corrected chi connectivity index (χ0v) is 20.4. The number of hydrogen-bond donors (Lipinski definition) is 2. The molecule has 4 rings (SSSR count). The fraction of sp³-hybridized carbons (Fsp3) is 0.160. The van der Waals surface area contributed by atoms with Gasteiger partial charge in [0.1, 0.15) is 17.1 Å². The smallest absolute Gasteiger partial charge is 0.341 e. The molecule has 1 saturated heterocycles. The number of thiocarbonyl (C=S) groups is 1. The first-order valence-corrected chi connectivity index (χ1v) is 11.7. The molecule has 2 heterocycles. The maximum Gasteiger partial charge on any atom is 0.341 e. The van der Waals surface area contributed by atoms with Crippen LogP contribution in [0.3, 0.4) is 0 Å². The van der Waals surface area contributed by atoms with Crippen LogP contribution in [0, 0.1) is 13.8 Å². The third kappa shape index (κ3) is 4.32. The van der Waals surface area contributed by atoms with E-state index in [1.807, 2.05) is 24.5 Å². The number of rotatable bonds is 5. The summed E-state index contributed by atoms with van der Waals surface area (Å²) < 4.78 is 7.39. The number of carbonyl (C=O) groups is 2. The number of phenols is 2. The second kappa shape index (κ2) is 9.36. The Morgan fingerprint density at radius 1 is 1.09 bits per heavy atom. The lowest BCUT2D eigenvalue weighted by Crippen LogP contribution is -2.27. The van der Waals surface area contributed by atoms with Crippen LogP contribution in [0.1, 0.15) is 34.2 Å². The second-order valence-electron chi connectivity index (χ2n) is 7.62. The van der Waals surface area contributed by atoms with Gasteiger partial charge in [0.25, 0.3) is 5.91 Å². The molecule has 1 aliphatic rings. The van der Waals surface area contributed by atoms with E-state index < -0.39 is 5.97 Å². The summed E-state index contributed by atoms with van der Waals surface area (Å²) in [5, 5.41) is 19.6. The number of ether oxygens (including phenoxy) is 1. The number of benzene rings is 2. The minimum Gasteiger partial charge on any atom is -0.508 e. The number of phenolic OH excluding ortho intramolecular Hbond substituents is 2. The maximum atomic E-state index is 13.1. The Hall–Kier alpha value is -3.56. The van der Waals surface area contributed by atoms with E-state index in [9.17, 15) is 19.8 Å². The predicted molar refractivity (Wildman–Crippen MR) is 137 cm³/mol. The number of aromatic hydroxyl groups is 2. The molecule has 7 nitrogen and oxygen atoms in total. The van der Waals surface area contributed by atoms with E-state index in [1.54, 1.807) is 37.3 Å². The van der Waals surface area contributed by atoms with Crippen LogP contribution in [0.2, 0.25) is 0 Å². The number of carbonyl (C=O) groups excluding carboxylic acids is 2. The molecule has 9 heteroatoms. The highest BCUT2D eigenvalue weighted by atomic mass is 32.2. The van der Waals surface area contributed by atoms with Crippen LogP contribution in [0.5, 0.6) is 11.5 Å². The molecule has 0 saturated carbocycles. The first-order chi connectivity index (χ1) is 16.2. The van der Waals surface area contributed by atoms with Gasteiger partial charge >= 0.3 is 5.97 Å². The molecule has 1 aromatic heterocycles. The molecule has 1 fully saturated rings. The van der Waals surface area contributed by atoms with Gasteiger partial charge < -0.3 is 19.5 Å². The van der Waals surface area contributed by atoms with E-state index in [-0.39, 0.29) is 29.6 Å². The van der Waals surface area contributed by atoms with Gasteiger partial charge in [-0.25, -0.2) is 4.79 Å². The lowest BCUT2D eigenvalue weighted by atomic mass is 10.1. The molecule has 174 valence electrons. The lowest BCUT2D eigenvalue weighted by molar-refractivity contribution is -0.113. The van der Waals surface area contributed by atoms with Gasteiger partial charge in [-0.3, -0.25) is 9.69 Å². The zero-order valence-electron chi connectivity index (χ0n) is 18.7. The van der Waals surface area contributed by atoms with Crippen molar-refractivity contribution in [2.45, 2.75) is 20.8 Å². The monoisotopic (exact) mass is 494 g/mol. The molecule has 2 N–H and O–H groups in total. The molecule has 1 amide bonds. The number of anilines is 1. The molecule has 0 radical (unpaired) electrons. The van der Waals surface area contributed by atoms with Crippen molar-refractivity contribution in [1.29, 1.82) is 0 Å². The molecule has 0 unspecified atom stereocenters. The third-order valence-corrected chi connectivity index (χ3v) is 6.69. The molecule has 2 aromatic carbocycles. The lowest BCUT2D eigenvalue weighted by Gasteiger charge is -2.14. The number of hydrogen-bond acceptors (Lipinski definition) is 7. The molecule has 1 aliphatic heterocycles. The van der Waals surface area contributed by atoms with Crippen LogP contribution in [0.15, 0.2) is 53.4 Å². The third-order valence-electron chi connectivity index (χ3n) is 5.39. The predicted octanol–water partition coefficient (Wildman–Crippen LogP) is 5.09. The number of thioether (sulfide) groups is 1. The van der Waals surface area contributed by atoms with Gasteiger partial charge in [-0.05, 0) is 80.9 Å². The Morgan fingerprint density at radius 2 is 1.76 bits per heavy atom. The van der Waals surface area contributed by atoms with E-state index in [0.29, 0.717) is 20.6 Å². The molecular weight excluding hydrogens is 472 g/mol. The highest BCUT2D eigenvalue weighted by Crippen LogP contribution is 2.37. The summed E-state index contributed by atoms with van der Waals surface area (Å²) in [6.45, 7) is 5.74. The Labute approximate surface area is 206 Å². The Balaban J connectivity index is 1.69. The number of aromatic nitrogens is 1. The number of esters is 1. The summed E-state index contributed by atoms with van der Waals surface area (Å²) in [6, 6.07) is 13.0. The van der Waals surface area contributed by atoms with Crippen molar-refractivity contribution in [2.75, 3.05) is 11.5 Å². The summed E-state index contributed by atoms with van der Waals surface area (Å²) in [5.74, 6) is -0.873. The highest BCUT2D eigenvalue weighted by molar-refractivity contribution is 8.27. The minimum absolute atomic E-state index is 0.0863. The number of nitrogens with zero attached hydrogens (tertiary/aromatic N) is 2. The van der Waals surface area contributed by atoms with Crippen molar-refractivity contribution in [3.63, 3.8) is 0 Å². The van der Waals surface area contributed by atoms with Gasteiger partial charge in [0.2, 0.25) is 0 Å². The molecular formula is C25H22N2O5S2. The maximum absolute atomic E-state index is 13.1. The van der Waals surface area contributed by atoms with Crippen molar-refractivity contribution < 1.29 is 24.5 Å². The van der Waals surface area contributed by atoms with E-state index in [4.69, 9.17) is 17.0 Å². The van der Waals surface area contributed by atoms with E-state index in [2.05, 4.69) is 0 Å². The van der Waals surface area contributed by atoms with Gasteiger partial charge in [0.15, 0.2) is 4.32 Å². The van der Waals surface area contributed by atoms with Gasteiger partial charge in [-0.2, -0.15) is 0 Å². The second-order valence-corrected chi connectivity index (χ2v) is 9.29. The topological polar surface area (TPSA) is 92.0 Å². The largest absolute Gasteiger partial charge is 0.508 e. The summed E-state index contributed by atoms with van der Waals surface area (Å²) >= 11 is 6.64. The normalized spacial score (nSPS) is 14.8. The van der Waals surface area contributed by atoms with E-state index >= 15 is 0 Å². The van der Waals surface area contributed by atoms with Crippen LogP contribution < -0.4 is 4.90 Å². The summed E-state index contributed by atoms with van der Waals surface area (Å²) in [5.41, 5.74) is 3.93. The molecule has 0 bridgehead atoms. The zero-order chi connectivity index (χ0) is 24.6. The summed E-state index contributed by atoms with van der Waals surface area (Å²) in [4.78, 5) is 27.2. The van der Waals surface area contributed by atoms with Crippen LogP contribution in [-0.2, 0) is 9.53 Å². The SMILES string of the molecule is CCOC(=O)c1cc(-n2c(C)cc(/C=C3\SC(=S)N(c4ccc(O)cc4)C3=O)c2C)ccc1O. The molecule has 3 aromatic rings. The van der Waals surface area contributed by atoms with Gasteiger partial charge in [-0.15, -0.1) is 0 Å². The van der Waals surface area contributed by atoms with Crippen LogP contribution in [0.4, 0.5) is 5.69 Å². The first kappa shape index (κ1) is 23.6. The van der Waals surface area contributed by atoms with Crippen molar-refractivity contribution in [3.8, 4) is 17.2 Å². The fourth-order valence-electron chi connectivity index (χ4n) is 3.80. The van der Waals surface area contributed by atoms with E-state index in [0.717, 1.165) is 17.0 Å². The number of amides is 1. The van der Waals surface area contributed by atoms with Crippen molar-refractivity contribution >= 4 is 51.9 Å². The minimum atomic E-state index is -0.595. The standard InChI is InChI=1S/C25H22N2O5S2/c1-4-32-24(31)20-13-18(7-10-21(20)29)26-14(2)11-16(15(26)3)12-22-23(30)27(25(33)34-22)17-5-8-19(28)9-6-17/h5-13,28-29H,4H2,1-3H3/b22-12-. The molecule has 34 heavy (non-hydrogen) atoms. The van der Waals surface area contributed by atoms with Crippen LogP contribution in [0.25, 0.3) is 11.8 Å². The van der Waals surface area contributed by atoms with Gasteiger partial charge in [0, 0.05) is 17.1 Å². The van der Waals surface area contributed by atoms with Crippen LogP contribution in [-0.4, -0.2) is 37.6 Å². The fourth-order valence-corrected chi connectivity index (χ4v) is 5.09. The van der Waals surface area contributed by atoms with Crippen LogP contribution >= 0.6 is 24.0 Å². The average Bonchev–Trinajstić information content (AvgIpc) is 3.23. The van der Waals surface area contributed by atoms with E-state index in [1.165, 1.54) is 34.9 Å².